The summed E-state index contributed by atoms with van der Waals surface area (Å²) in [5.41, 5.74) is 0.0634. The van der Waals surface area contributed by atoms with E-state index < -0.39 is 23.8 Å². The minimum atomic E-state index is -2.90. The number of hydrogen-bond acceptors (Lipinski definition) is 6. The van der Waals surface area contributed by atoms with Gasteiger partial charge in [0.2, 0.25) is 5.91 Å². The molecule has 7 nitrogen and oxygen atoms in total. The number of rotatable bonds is 5. The van der Waals surface area contributed by atoms with Gasteiger partial charge in [-0.15, -0.1) is 0 Å². The van der Waals surface area contributed by atoms with Gasteiger partial charge in [0.1, 0.15) is 23.3 Å². The van der Waals surface area contributed by atoms with E-state index in [1.807, 2.05) is 4.90 Å². The molecular weight excluding hydrogens is 421 g/mol. The Morgan fingerprint density at radius 2 is 2.00 bits per heavy atom. The third-order valence-electron chi connectivity index (χ3n) is 5.38. The van der Waals surface area contributed by atoms with Crippen LogP contribution in [0, 0.1) is 12.7 Å². The number of carbonyl (C=O) groups is 1. The highest BCUT2D eigenvalue weighted by Gasteiger charge is 2.21. The number of halogens is 3. The first-order chi connectivity index (χ1) is 15.3. The Balaban J connectivity index is 1.70. The molecule has 32 heavy (non-hydrogen) atoms. The quantitative estimate of drug-likeness (QED) is 0.621. The van der Waals surface area contributed by atoms with Gasteiger partial charge in [-0.3, -0.25) is 4.79 Å². The Hall–Kier alpha value is -3.43. The first kappa shape index (κ1) is 21.8. The van der Waals surface area contributed by atoms with Crippen molar-refractivity contribution in [3.8, 4) is 0 Å². The van der Waals surface area contributed by atoms with Crippen LogP contribution in [0.15, 0.2) is 30.5 Å². The number of hydrogen-bond donors (Lipinski definition) is 2. The monoisotopic (exact) mass is 444 g/mol. The van der Waals surface area contributed by atoms with Gasteiger partial charge in [0, 0.05) is 24.0 Å². The van der Waals surface area contributed by atoms with Gasteiger partial charge in [0.15, 0.2) is 0 Å². The van der Waals surface area contributed by atoms with Crippen LogP contribution in [-0.2, 0) is 4.79 Å². The number of carbonyl (C=O) groups excluding carboxylic acids is 1. The van der Waals surface area contributed by atoms with Gasteiger partial charge in [-0.1, -0.05) is 18.2 Å². The summed E-state index contributed by atoms with van der Waals surface area (Å²) in [6.07, 6.45) is -0.503. The van der Waals surface area contributed by atoms with E-state index in [4.69, 9.17) is 0 Å². The lowest BCUT2D eigenvalue weighted by Crippen LogP contribution is -2.33. The number of amides is 1. The molecule has 0 aliphatic carbocycles. The normalized spacial score (nSPS) is 15.6. The fourth-order valence-electron chi connectivity index (χ4n) is 3.78. The summed E-state index contributed by atoms with van der Waals surface area (Å²) >= 11 is 0. The Kier molecular flexibility index (Phi) is 6.11. The van der Waals surface area contributed by atoms with Crippen molar-refractivity contribution in [2.45, 2.75) is 32.7 Å². The van der Waals surface area contributed by atoms with Crippen LogP contribution in [0.5, 0.6) is 0 Å². The Morgan fingerprint density at radius 1 is 1.22 bits per heavy atom. The van der Waals surface area contributed by atoms with E-state index >= 15 is 0 Å². The molecule has 0 spiro atoms. The zero-order valence-electron chi connectivity index (χ0n) is 17.7. The summed E-state index contributed by atoms with van der Waals surface area (Å²) in [4.78, 5) is 27.1. The van der Waals surface area contributed by atoms with Crippen LogP contribution in [0.2, 0.25) is 0 Å². The van der Waals surface area contributed by atoms with Gasteiger partial charge >= 0.3 is 0 Å². The number of pyridine rings is 1. The molecule has 10 heteroatoms. The molecule has 0 saturated carbocycles. The zero-order chi connectivity index (χ0) is 22.8. The van der Waals surface area contributed by atoms with Crippen LogP contribution in [0.4, 0.5) is 24.8 Å². The number of aryl methyl sites for hydroxylation is 1. The molecule has 2 N–H and O–H groups in total. The van der Waals surface area contributed by atoms with E-state index in [2.05, 4.69) is 25.6 Å². The van der Waals surface area contributed by atoms with Gasteiger partial charge in [-0.2, -0.15) is 0 Å². The summed E-state index contributed by atoms with van der Waals surface area (Å²) in [6, 6.07) is 5.11. The van der Waals surface area contributed by atoms with E-state index in [0.717, 1.165) is 12.5 Å². The van der Waals surface area contributed by atoms with Crippen molar-refractivity contribution in [3.05, 3.63) is 53.2 Å². The molecule has 2 aromatic heterocycles. The van der Waals surface area contributed by atoms with Crippen molar-refractivity contribution in [1.29, 1.82) is 0 Å². The average Bonchev–Trinajstić information content (AvgIpc) is 2.97. The van der Waals surface area contributed by atoms with Crippen molar-refractivity contribution < 1.29 is 18.0 Å². The minimum Gasteiger partial charge on any atom is -0.363 e. The maximum atomic E-state index is 14.6. The van der Waals surface area contributed by atoms with Crippen LogP contribution in [-0.4, -0.2) is 40.5 Å². The first-order valence-electron chi connectivity index (χ1n) is 10.3. The SMILES string of the molecule is Cc1nc(N[C@H](C)c2cccc(C(F)F)c2F)c2cc(N3CCCNC(=O)C3)ncc2n1. The summed E-state index contributed by atoms with van der Waals surface area (Å²) in [6.45, 7) is 4.86. The van der Waals surface area contributed by atoms with Gasteiger partial charge in [-0.25, -0.2) is 28.1 Å². The Labute approximate surface area is 183 Å². The maximum absolute atomic E-state index is 14.6. The molecular formula is C22H23F3N6O. The van der Waals surface area contributed by atoms with Gasteiger partial charge in [-0.05, 0) is 26.3 Å². The second-order valence-corrected chi connectivity index (χ2v) is 7.72. The standard InChI is InChI=1S/C22H23F3N6O/c1-12(14-5-3-6-15(20(14)23)21(24)25)28-22-16-9-18(27-10-17(16)29-13(2)30-22)31-8-4-7-26-19(32)11-31/h3,5-6,9-10,12,21H,4,7-8,11H2,1-2H3,(H,26,32)(H,28,29,30)/t12-/m1/s1. The van der Waals surface area contributed by atoms with Crippen molar-refractivity contribution in [3.63, 3.8) is 0 Å². The Morgan fingerprint density at radius 3 is 2.78 bits per heavy atom. The second kappa shape index (κ2) is 8.97. The highest BCUT2D eigenvalue weighted by Crippen LogP contribution is 2.31. The second-order valence-electron chi connectivity index (χ2n) is 7.72. The predicted molar refractivity (Wildman–Crippen MR) is 115 cm³/mol. The first-order valence-corrected chi connectivity index (χ1v) is 10.3. The van der Waals surface area contributed by atoms with Crippen LogP contribution in [0.1, 0.15) is 42.8 Å². The van der Waals surface area contributed by atoms with Gasteiger partial charge in [0.05, 0.1) is 29.9 Å². The lowest BCUT2D eigenvalue weighted by molar-refractivity contribution is -0.119. The number of nitrogens with zero attached hydrogens (tertiary/aromatic N) is 4. The van der Waals surface area contributed by atoms with Crippen LogP contribution >= 0.6 is 0 Å². The molecule has 0 unspecified atom stereocenters. The largest absolute Gasteiger partial charge is 0.363 e. The van der Waals surface area contributed by atoms with Crippen molar-refractivity contribution >= 4 is 28.4 Å². The third kappa shape index (κ3) is 4.44. The molecule has 0 bridgehead atoms. The molecule has 1 aliphatic heterocycles. The predicted octanol–water partition coefficient (Wildman–Crippen LogP) is 3.91. The lowest BCUT2D eigenvalue weighted by atomic mass is 10.0. The van der Waals surface area contributed by atoms with E-state index in [1.165, 1.54) is 12.1 Å². The molecule has 1 atom stereocenters. The van der Waals surface area contributed by atoms with Crippen LogP contribution in [0.3, 0.4) is 0 Å². The smallest absolute Gasteiger partial charge is 0.266 e. The molecule has 0 radical (unpaired) electrons. The Bertz CT molecular complexity index is 1160. The fourth-order valence-corrected chi connectivity index (χ4v) is 3.78. The highest BCUT2D eigenvalue weighted by molar-refractivity contribution is 5.91. The average molecular weight is 444 g/mol. The van der Waals surface area contributed by atoms with Crippen molar-refractivity contribution in [1.82, 2.24) is 20.3 Å². The molecule has 3 heterocycles. The van der Waals surface area contributed by atoms with E-state index in [-0.39, 0.29) is 18.0 Å². The van der Waals surface area contributed by atoms with Crippen LogP contribution < -0.4 is 15.5 Å². The number of anilines is 2. The summed E-state index contributed by atoms with van der Waals surface area (Å²) in [5, 5.41) is 6.61. The van der Waals surface area contributed by atoms with E-state index in [9.17, 15) is 18.0 Å². The molecule has 1 saturated heterocycles. The highest BCUT2D eigenvalue weighted by atomic mass is 19.3. The zero-order valence-corrected chi connectivity index (χ0v) is 17.7. The summed E-state index contributed by atoms with van der Waals surface area (Å²) in [7, 11) is 0. The molecule has 1 amide bonds. The molecule has 168 valence electrons. The number of fused-ring (bicyclic) bond motifs is 1. The van der Waals surface area contributed by atoms with E-state index in [0.29, 0.717) is 41.5 Å². The molecule has 3 aromatic rings. The minimum absolute atomic E-state index is 0.0779. The van der Waals surface area contributed by atoms with Crippen LogP contribution in [0.25, 0.3) is 10.9 Å². The molecule has 1 aliphatic rings. The topological polar surface area (TPSA) is 83.0 Å². The van der Waals surface area contributed by atoms with Crippen molar-refractivity contribution in [2.75, 3.05) is 29.9 Å². The van der Waals surface area contributed by atoms with Crippen molar-refractivity contribution in [2.24, 2.45) is 0 Å². The number of nitrogens with one attached hydrogen (secondary N) is 2. The molecule has 1 fully saturated rings. The maximum Gasteiger partial charge on any atom is 0.266 e. The molecule has 1 aromatic carbocycles. The lowest BCUT2D eigenvalue weighted by Gasteiger charge is -2.22. The van der Waals surface area contributed by atoms with Gasteiger partial charge < -0.3 is 15.5 Å². The number of aromatic nitrogens is 3. The fraction of sp³-hybridized carbons (Fsp3) is 0.364. The van der Waals surface area contributed by atoms with Gasteiger partial charge in [0.25, 0.3) is 6.43 Å². The summed E-state index contributed by atoms with van der Waals surface area (Å²) in [5.74, 6) is 0.507. The van der Waals surface area contributed by atoms with E-state index in [1.54, 1.807) is 26.1 Å². The third-order valence-corrected chi connectivity index (χ3v) is 5.38. The number of alkyl halides is 2. The molecule has 4 rings (SSSR count). The summed E-state index contributed by atoms with van der Waals surface area (Å²) < 4.78 is 40.9. The number of benzene rings is 1.